The van der Waals surface area contributed by atoms with E-state index < -0.39 is 6.09 Å². The Morgan fingerprint density at radius 3 is 2.67 bits per heavy atom. The SMILES string of the molecule is Cc1cnc(NC(=O)OCCN(C)C(=O)NCc2ccccc2Cl)cc1C. The number of urea groups is 1. The third-order valence-electron chi connectivity index (χ3n) is 4.00. The molecule has 0 aliphatic rings. The van der Waals surface area contributed by atoms with Gasteiger partial charge < -0.3 is 15.0 Å². The second kappa shape index (κ2) is 9.78. The van der Waals surface area contributed by atoms with E-state index in [9.17, 15) is 9.59 Å². The number of likely N-dealkylation sites (N-methyl/N-ethyl adjacent to an activating group) is 1. The minimum Gasteiger partial charge on any atom is -0.447 e. The Balaban J connectivity index is 1.70. The van der Waals surface area contributed by atoms with Crippen molar-refractivity contribution in [1.82, 2.24) is 15.2 Å². The van der Waals surface area contributed by atoms with Crippen LogP contribution < -0.4 is 10.6 Å². The monoisotopic (exact) mass is 390 g/mol. The van der Waals surface area contributed by atoms with Gasteiger partial charge in [0, 0.05) is 24.8 Å². The van der Waals surface area contributed by atoms with Gasteiger partial charge in [-0.15, -0.1) is 0 Å². The third-order valence-corrected chi connectivity index (χ3v) is 4.37. The molecule has 0 saturated heterocycles. The number of anilines is 1. The van der Waals surface area contributed by atoms with Crippen LogP contribution in [0.3, 0.4) is 0 Å². The highest BCUT2D eigenvalue weighted by Crippen LogP contribution is 2.14. The first-order chi connectivity index (χ1) is 12.9. The molecule has 1 aromatic heterocycles. The Morgan fingerprint density at radius 2 is 1.96 bits per heavy atom. The summed E-state index contributed by atoms with van der Waals surface area (Å²) in [5.41, 5.74) is 2.89. The summed E-state index contributed by atoms with van der Waals surface area (Å²) in [6.45, 7) is 4.51. The topological polar surface area (TPSA) is 83.6 Å². The number of carbonyl (C=O) groups excluding carboxylic acids is 2. The van der Waals surface area contributed by atoms with E-state index in [0.29, 0.717) is 17.4 Å². The molecule has 0 aliphatic heterocycles. The first-order valence-corrected chi connectivity index (χ1v) is 8.84. The molecule has 0 unspecified atom stereocenters. The van der Waals surface area contributed by atoms with E-state index in [1.807, 2.05) is 32.0 Å². The zero-order chi connectivity index (χ0) is 19.8. The van der Waals surface area contributed by atoms with Crippen molar-refractivity contribution in [3.8, 4) is 0 Å². The summed E-state index contributed by atoms with van der Waals surface area (Å²) in [4.78, 5) is 29.4. The van der Waals surface area contributed by atoms with Crippen molar-refractivity contribution < 1.29 is 14.3 Å². The number of ether oxygens (including phenoxy) is 1. The van der Waals surface area contributed by atoms with E-state index in [-0.39, 0.29) is 19.2 Å². The largest absolute Gasteiger partial charge is 0.447 e. The Hall–Kier alpha value is -2.80. The second-order valence-corrected chi connectivity index (χ2v) is 6.49. The van der Waals surface area contributed by atoms with Gasteiger partial charge in [-0.25, -0.2) is 14.6 Å². The summed E-state index contributed by atoms with van der Waals surface area (Å²) in [6, 6.07) is 8.78. The van der Waals surface area contributed by atoms with Gasteiger partial charge in [0.05, 0.1) is 6.54 Å². The Bertz CT molecular complexity index is 813. The molecular formula is C19H23ClN4O3. The van der Waals surface area contributed by atoms with Crippen LogP contribution in [0.15, 0.2) is 36.5 Å². The summed E-state index contributed by atoms with van der Waals surface area (Å²) >= 11 is 6.06. The lowest BCUT2D eigenvalue weighted by Gasteiger charge is -2.18. The predicted octanol–water partition coefficient (Wildman–Crippen LogP) is 3.74. The summed E-state index contributed by atoms with van der Waals surface area (Å²) in [5.74, 6) is 0.425. The molecule has 0 spiro atoms. The highest BCUT2D eigenvalue weighted by atomic mass is 35.5. The number of aryl methyl sites for hydroxylation is 2. The normalized spacial score (nSPS) is 10.2. The van der Waals surface area contributed by atoms with Gasteiger partial charge in [-0.1, -0.05) is 29.8 Å². The highest BCUT2D eigenvalue weighted by molar-refractivity contribution is 6.31. The van der Waals surface area contributed by atoms with E-state index >= 15 is 0 Å². The Morgan fingerprint density at radius 1 is 1.22 bits per heavy atom. The lowest BCUT2D eigenvalue weighted by molar-refractivity contribution is 0.146. The maximum Gasteiger partial charge on any atom is 0.412 e. The predicted molar refractivity (Wildman–Crippen MR) is 105 cm³/mol. The van der Waals surface area contributed by atoms with Gasteiger partial charge in [0.2, 0.25) is 0 Å². The molecule has 3 amide bonds. The number of hydrogen-bond donors (Lipinski definition) is 2. The van der Waals surface area contributed by atoms with Crippen LogP contribution in [0.4, 0.5) is 15.4 Å². The van der Waals surface area contributed by atoms with Crippen molar-refractivity contribution in [1.29, 1.82) is 0 Å². The molecular weight excluding hydrogens is 368 g/mol. The third kappa shape index (κ3) is 6.45. The second-order valence-electron chi connectivity index (χ2n) is 6.09. The number of halogens is 1. The van der Waals surface area contributed by atoms with E-state index in [1.165, 1.54) is 4.90 Å². The van der Waals surface area contributed by atoms with Crippen LogP contribution in [0, 0.1) is 13.8 Å². The highest BCUT2D eigenvalue weighted by Gasteiger charge is 2.11. The van der Waals surface area contributed by atoms with Crippen LogP contribution in [0.5, 0.6) is 0 Å². The molecule has 0 bridgehead atoms. The average Bonchev–Trinajstić information content (AvgIpc) is 2.63. The maximum atomic E-state index is 12.1. The Kier molecular flexibility index (Phi) is 7.43. The van der Waals surface area contributed by atoms with Crippen LogP contribution >= 0.6 is 11.6 Å². The molecule has 0 aliphatic carbocycles. The van der Waals surface area contributed by atoms with Crippen molar-refractivity contribution in [2.75, 3.05) is 25.5 Å². The van der Waals surface area contributed by atoms with Crippen molar-refractivity contribution in [3.63, 3.8) is 0 Å². The molecule has 0 saturated carbocycles. The smallest absolute Gasteiger partial charge is 0.412 e. The summed E-state index contributed by atoms with van der Waals surface area (Å²) in [7, 11) is 1.62. The number of aromatic nitrogens is 1. The number of carbonyl (C=O) groups is 2. The van der Waals surface area contributed by atoms with Crippen molar-refractivity contribution in [3.05, 3.63) is 58.2 Å². The lowest BCUT2D eigenvalue weighted by Crippen LogP contribution is -2.39. The van der Waals surface area contributed by atoms with Crippen LogP contribution in [0.2, 0.25) is 5.02 Å². The molecule has 1 heterocycles. The zero-order valence-electron chi connectivity index (χ0n) is 15.6. The van der Waals surface area contributed by atoms with Crippen LogP contribution in [0.1, 0.15) is 16.7 Å². The fourth-order valence-corrected chi connectivity index (χ4v) is 2.36. The fraction of sp³-hybridized carbons (Fsp3) is 0.316. The van der Waals surface area contributed by atoms with E-state index in [0.717, 1.165) is 16.7 Å². The summed E-state index contributed by atoms with van der Waals surface area (Å²) < 4.78 is 5.09. The van der Waals surface area contributed by atoms with Crippen molar-refractivity contribution >= 4 is 29.5 Å². The molecule has 8 heteroatoms. The van der Waals surface area contributed by atoms with Crippen molar-refractivity contribution in [2.45, 2.75) is 20.4 Å². The zero-order valence-corrected chi connectivity index (χ0v) is 16.3. The van der Waals surface area contributed by atoms with E-state index in [4.69, 9.17) is 16.3 Å². The van der Waals surface area contributed by atoms with Crippen LogP contribution in [0.25, 0.3) is 0 Å². The van der Waals surface area contributed by atoms with Gasteiger partial charge >= 0.3 is 12.1 Å². The average molecular weight is 391 g/mol. The molecule has 2 rings (SSSR count). The number of rotatable bonds is 6. The summed E-state index contributed by atoms with van der Waals surface area (Å²) in [6.07, 6.45) is 1.07. The van der Waals surface area contributed by atoms with Gasteiger partial charge in [0.15, 0.2) is 0 Å². The standard InChI is InChI=1S/C19H23ClN4O3/c1-13-10-17(21-11-14(13)2)23-19(26)27-9-8-24(3)18(25)22-12-15-6-4-5-7-16(15)20/h4-7,10-11H,8-9,12H2,1-3H3,(H,22,25)(H,21,23,26). The van der Waals surface area contributed by atoms with Gasteiger partial charge in [-0.2, -0.15) is 0 Å². The number of amides is 3. The lowest BCUT2D eigenvalue weighted by atomic mass is 10.2. The van der Waals surface area contributed by atoms with Crippen LogP contribution in [-0.2, 0) is 11.3 Å². The van der Waals surface area contributed by atoms with Gasteiger partial charge in [0.1, 0.15) is 12.4 Å². The van der Waals surface area contributed by atoms with Gasteiger partial charge in [0.25, 0.3) is 0 Å². The summed E-state index contributed by atoms with van der Waals surface area (Å²) in [5, 5.41) is 5.92. The first kappa shape index (κ1) is 20.5. The van der Waals surface area contributed by atoms with E-state index in [1.54, 1.807) is 25.4 Å². The van der Waals surface area contributed by atoms with Crippen LogP contribution in [-0.4, -0.2) is 42.2 Å². The first-order valence-electron chi connectivity index (χ1n) is 8.46. The number of pyridine rings is 1. The van der Waals surface area contributed by atoms with Gasteiger partial charge in [-0.05, 0) is 42.7 Å². The molecule has 2 aromatic rings. The number of benzene rings is 1. The van der Waals surface area contributed by atoms with E-state index in [2.05, 4.69) is 15.6 Å². The minimum absolute atomic E-state index is 0.0622. The number of hydrogen-bond acceptors (Lipinski definition) is 4. The molecule has 0 radical (unpaired) electrons. The fourth-order valence-electron chi connectivity index (χ4n) is 2.16. The quantitative estimate of drug-likeness (QED) is 0.786. The molecule has 1 aromatic carbocycles. The maximum absolute atomic E-state index is 12.1. The molecule has 7 nitrogen and oxygen atoms in total. The molecule has 27 heavy (non-hydrogen) atoms. The number of nitrogens with one attached hydrogen (secondary N) is 2. The Labute approximate surface area is 163 Å². The molecule has 0 atom stereocenters. The molecule has 2 N–H and O–H groups in total. The minimum atomic E-state index is -0.615. The van der Waals surface area contributed by atoms with Gasteiger partial charge in [-0.3, -0.25) is 5.32 Å². The number of nitrogens with zero attached hydrogens (tertiary/aromatic N) is 2. The van der Waals surface area contributed by atoms with Crippen molar-refractivity contribution in [2.24, 2.45) is 0 Å². The molecule has 0 fully saturated rings. The molecule has 144 valence electrons.